The molecule has 3 aromatic rings. The maximum atomic E-state index is 13.1. The summed E-state index contributed by atoms with van der Waals surface area (Å²) in [6, 6.07) is 5.12. The summed E-state index contributed by atoms with van der Waals surface area (Å²) in [7, 11) is 0. The quantitative estimate of drug-likeness (QED) is 0.635. The molecule has 28 heavy (non-hydrogen) atoms. The highest BCUT2D eigenvalue weighted by atomic mass is 35.5. The minimum atomic E-state index is -4.53. The smallest absolute Gasteiger partial charge is 0.416 e. The summed E-state index contributed by atoms with van der Waals surface area (Å²) in [4.78, 5) is 8.09. The molecular formula is C18H18ClF3N4O2. The van der Waals surface area contributed by atoms with Crippen molar-refractivity contribution in [1.29, 1.82) is 0 Å². The van der Waals surface area contributed by atoms with E-state index in [0.717, 1.165) is 6.07 Å². The van der Waals surface area contributed by atoms with Crippen molar-refractivity contribution in [2.45, 2.75) is 33.2 Å². The van der Waals surface area contributed by atoms with Gasteiger partial charge >= 0.3 is 6.18 Å². The van der Waals surface area contributed by atoms with Crippen LogP contribution in [0.1, 0.15) is 30.7 Å². The molecule has 0 saturated carbocycles. The Morgan fingerprint density at radius 2 is 1.86 bits per heavy atom. The number of rotatable bonds is 5. The molecule has 0 spiro atoms. The van der Waals surface area contributed by atoms with Crippen LogP contribution in [0.4, 0.5) is 13.2 Å². The largest absolute Gasteiger partial charge is 0.486 e. The van der Waals surface area contributed by atoms with Crippen LogP contribution in [0.25, 0.3) is 11.5 Å². The number of aromatic nitrogens is 4. The molecule has 0 amide bonds. The van der Waals surface area contributed by atoms with Crippen LogP contribution in [0.3, 0.4) is 0 Å². The van der Waals surface area contributed by atoms with Crippen molar-refractivity contribution in [2.24, 2.45) is 0 Å². The van der Waals surface area contributed by atoms with Gasteiger partial charge in [-0.1, -0.05) is 31.5 Å². The Morgan fingerprint density at radius 1 is 1.18 bits per heavy atom. The number of ether oxygens (including phenoxy) is 1. The molecule has 0 aliphatic carbocycles. The van der Waals surface area contributed by atoms with E-state index >= 15 is 0 Å². The van der Waals surface area contributed by atoms with Crippen LogP contribution in [0.5, 0.6) is 5.75 Å². The number of alkyl halides is 3. The van der Waals surface area contributed by atoms with E-state index < -0.39 is 11.7 Å². The van der Waals surface area contributed by atoms with Crippen LogP contribution in [-0.2, 0) is 19.4 Å². The van der Waals surface area contributed by atoms with Crippen molar-refractivity contribution < 1.29 is 23.0 Å². The van der Waals surface area contributed by atoms with E-state index in [1.807, 2.05) is 13.8 Å². The lowest BCUT2D eigenvalue weighted by Crippen LogP contribution is -2.11. The monoisotopic (exact) mass is 414 g/mol. The topological polar surface area (TPSA) is 83.9 Å². The normalized spacial score (nSPS) is 11.0. The van der Waals surface area contributed by atoms with Gasteiger partial charge in [0.2, 0.25) is 0 Å². The summed E-state index contributed by atoms with van der Waals surface area (Å²) < 4.78 is 44.5. The Hall–Kier alpha value is -2.65. The van der Waals surface area contributed by atoms with Gasteiger partial charge in [0.05, 0.1) is 30.3 Å². The fraction of sp³-hybridized carbons (Fsp3) is 0.278. The van der Waals surface area contributed by atoms with E-state index in [0.29, 0.717) is 11.4 Å². The predicted octanol–water partition coefficient (Wildman–Crippen LogP) is 4.64. The lowest BCUT2D eigenvalue weighted by Gasteiger charge is -2.14. The molecule has 1 aromatic carbocycles. The lowest BCUT2D eigenvalue weighted by molar-refractivity contribution is -0.138. The highest BCUT2D eigenvalue weighted by molar-refractivity contribution is 6.31. The van der Waals surface area contributed by atoms with Gasteiger partial charge in [0.15, 0.2) is 11.6 Å². The van der Waals surface area contributed by atoms with Gasteiger partial charge in [-0.3, -0.25) is 5.10 Å². The maximum Gasteiger partial charge on any atom is 0.416 e. The summed E-state index contributed by atoms with van der Waals surface area (Å²) in [5.74, 6) is 0.460. The van der Waals surface area contributed by atoms with Gasteiger partial charge in [0, 0.05) is 10.6 Å². The number of hydrogen-bond acceptors (Lipinski definition) is 5. The van der Waals surface area contributed by atoms with Crippen molar-refractivity contribution in [3.63, 3.8) is 0 Å². The van der Waals surface area contributed by atoms with Gasteiger partial charge in [-0.05, 0) is 18.2 Å². The highest BCUT2D eigenvalue weighted by Gasteiger charge is 2.34. The minimum Gasteiger partial charge on any atom is -0.486 e. The Morgan fingerprint density at radius 3 is 2.43 bits per heavy atom. The molecule has 0 aliphatic rings. The molecule has 0 radical (unpaired) electrons. The zero-order valence-electron chi connectivity index (χ0n) is 15.1. The number of aliphatic hydroxyl groups is 1. The molecule has 0 aliphatic heterocycles. The van der Waals surface area contributed by atoms with Crippen LogP contribution in [0.2, 0.25) is 5.02 Å². The molecular weight excluding hydrogens is 397 g/mol. The van der Waals surface area contributed by atoms with E-state index in [1.165, 1.54) is 24.5 Å². The number of hydrogen-bond donors (Lipinski definition) is 2. The first-order chi connectivity index (χ1) is 13.4. The Bertz CT molecular complexity index is 899. The van der Waals surface area contributed by atoms with Crippen molar-refractivity contribution >= 4 is 11.6 Å². The van der Waals surface area contributed by atoms with Crippen LogP contribution in [0.15, 0.2) is 36.7 Å². The third kappa shape index (κ3) is 5.20. The molecule has 0 unspecified atom stereocenters. The Kier molecular flexibility index (Phi) is 7.36. The second kappa shape index (κ2) is 9.52. The highest BCUT2D eigenvalue weighted by Crippen LogP contribution is 2.35. The lowest BCUT2D eigenvalue weighted by atomic mass is 10.1. The number of nitrogens with zero attached hydrogens (tertiary/aromatic N) is 3. The number of aliphatic hydroxyl groups excluding tert-OH is 1. The zero-order chi connectivity index (χ0) is 20.7. The summed E-state index contributed by atoms with van der Waals surface area (Å²) in [6.45, 7) is 3.42. The average molecular weight is 415 g/mol. The SMILES string of the molecule is CC.OCc1cc(-c2ncc(OCc3c(Cl)cccc3C(F)(F)F)cn2)n[nH]1. The second-order valence-corrected chi connectivity index (χ2v) is 5.64. The molecule has 2 aromatic heterocycles. The molecule has 0 saturated heterocycles. The first-order valence-corrected chi connectivity index (χ1v) is 8.71. The first-order valence-electron chi connectivity index (χ1n) is 8.33. The van der Waals surface area contributed by atoms with E-state index in [1.54, 1.807) is 6.07 Å². The third-order valence-corrected chi connectivity index (χ3v) is 3.82. The van der Waals surface area contributed by atoms with Crippen molar-refractivity contribution in [1.82, 2.24) is 20.2 Å². The molecule has 10 heteroatoms. The number of halogens is 4. The number of nitrogens with one attached hydrogen (secondary N) is 1. The van der Waals surface area contributed by atoms with Crippen molar-refractivity contribution in [2.75, 3.05) is 0 Å². The number of H-pyrrole nitrogens is 1. The Labute approximate surface area is 164 Å². The van der Waals surface area contributed by atoms with E-state index in [2.05, 4.69) is 20.2 Å². The molecule has 150 valence electrons. The second-order valence-electron chi connectivity index (χ2n) is 5.23. The fourth-order valence-electron chi connectivity index (χ4n) is 2.21. The van der Waals surface area contributed by atoms with Crippen molar-refractivity contribution in [3.05, 3.63) is 58.5 Å². The van der Waals surface area contributed by atoms with Crippen molar-refractivity contribution in [3.8, 4) is 17.3 Å². The molecule has 0 fully saturated rings. The fourth-order valence-corrected chi connectivity index (χ4v) is 2.44. The predicted molar refractivity (Wildman–Crippen MR) is 97.7 cm³/mol. The van der Waals surface area contributed by atoms with Crippen LogP contribution in [-0.4, -0.2) is 25.3 Å². The zero-order valence-corrected chi connectivity index (χ0v) is 15.8. The molecule has 3 rings (SSSR count). The average Bonchev–Trinajstić information content (AvgIpc) is 3.17. The molecule has 0 bridgehead atoms. The summed E-state index contributed by atoms with van der Waals surface area (Å²) >= 11 is 5.88. The van der Waals surface area contributed by atoms with Gasteiger partial charge < -0.3 is 9.84 Å². The summed E-state index contributed by atoms with van der Waals surface area (Å²) in [5.41, 5.74) is -0.0883. The van der Waals surface area contributed by atoms with Gasteiger partial charge in [-0.25, -0.2) is 9.97 Å². The summed E-state index contributed by atoms with van der Waals surface area (Å²) in [5, 5.41) is 15.5. The van der Waals surface area contributed by atoms with Gasteiger partial charge in [-0.2, -0.15) is 18.3 Å². The minimum absolute atomic E-state index is 0.0366. The first kappa shape index (κ1) is 21.6. The molecule has 6 nitrogen and oxygen atoms in total. The number of benzene rings is 1. The van der Waals surface area contributed by atoms with E-state index in [-0.39, 0.29) is 35.4 Å². The van der Waals surface area contributed by atoms with E-state index in [4.69, 9.17) is 21.4 Å². The van der Waals surface area contributed by atoms with Gasteiger partial charge in [0.1, 0.15) is 12.3 Å². The van der Waals surface area contributed by atoms with Gasteiger partial charge in [0.25, 0.3) is 0 Å². The molecule has 2 N–H and O–H groups in total. The number of aromatic amines is 1. The van der Waals surface area contributed by atoms with Crippen LogP contribution < -0.4 is 4.74 Å². The summed E-state index contributed by atoms with van der Waals surface area (Å²) in [6.07, 6.45) is -1.90. The standard InChI is InChI=1S/C16H12ClF3N4O2.C2H6/c17-13-3-1-2-12(16(18,19)20)11(13)8-26-10-5-21-15(22-6-10)14-4-9(7-25)23-24-14;1-2/h1-6,25H,7-8H2,(H,23,24);1-2H3. The molecule has 2 heterocycles. The van der Waals surface area contributed by atoms with Crippen LogP contribution >= 0.6 is 11.6 Å². The molecule has 0 atom stereocenters. The van der Waals surface area contributed by atoms with E-state index in [9.17, 15) is 13.2 Å². The maximum absolute atomic E-state index is 13.1. The van der Waals surface area contributed by atoms with Crippen LogP contribution in [0, 0.1) is 0 Å². The third-order valence-electron chi connectivity index (χ3n) is 3.47. The Balaban J connectivity index is 0.00000136. The van der Waals surface area contributed by atoms with Gasteiger partial charge in [-0.15, -0.1) is 0 Å².